The van der Waals surface area contributed by atoms with Crippen molar-refractivity contribution in [1.82, 2.24) is 75.4 Å². The molecule has 138 heavy (non-hydrogen) atoms. The number of ketones is 2. The average molecular weight is 1930 g/mol. The molecule has 2 amide bonds. The van der Waals surface area contributed by atoms with Gasteiger partial charge in [0.25, 0.3) is 11.8 Å². The molecule has 0 spiro atoms. The van der Waals surface area contributed by atoms with Crippen LogP contribution in [0, 0.1) is 69.0 Å². The first-order chi connectivity index (χ1) is 66.4. The Hall–Kier alpha value is -16.4. The molecular formula is C95H85N23O16S4. The molecule has 10 N–H and O–H groups in total. The molecule has 0 bridgehead atoms. The number of aromatic nitrogens is 13. The molecule has 20 rings (SSSR count). The smallest absolute Gasteiger partial charge is 0.272 e. The summed E-state index contributed by atoms with van der Waals surface area (Å²) < 4.78 is 125. The van der Waals surface area contributed by atoms with Crippen molar-refractivity contribution in [2.24, 2.45) is 23.7 Å². The van der Waals surface area contributed by atoms with Crippen LogP contribution >= 0.6 is 0 Å². The Kier molecular flexibility index (Phi) is 26.6. The van der Waals surface area contributed by atoms with E-state index in [-0.39, 0.29) is 160 Å². The summed E-state index contributed by atoms with van der Waals surface area (Å²) in [7, 11) is -11.0. The van der Waals surface area contributed by atoms with Crippen molar-refractivity contribution < 1.29 is 70.5 Å². The van der Waals surface area contributed by atoms with Gasteiger partial charge < -0.3 is 69.5 Å². The number of nitrogens with zero attached hydrogens (tertiary/aromatic N) is 13. The van der Waals surface area contributed by atoms with E-state index in [1.807, 2.05) is 48.5 Å². The molecule has 13 heterocycles. The summed E-state index contributed by atoms with van der Waals surface area (Å²) in [5, 5.41) is 58.5. The monoisotopic (exact) mass is 1930 g/mol. The summed E-state index contributed by atoms with van der Waals surface area (Å²) in [5.74, 6) is 0.0224. The zero-order chi connectivity index (χ0) is 96.9. The molecule has 16 aromatic rings. The lowest BCUT2D eigenvalue weighted by Gasteiger charge is -2.36. The summed E-state index contributed by atoms with van der Waals surface area (Å²) in [6, 6.07) is 36.8. The van der Waals surface area contributed by atoms with Gasteiger partial charge in [-0.25, -0.2) is 78.5 Å². The highest BCUT2D eigenvalue weighted by atomic mass is 32.2. The van der Waals surface area contributed by atoms with Crippen LogP contribution in [-0.4, -0.2) is 183 Å². The Morgan fingerprint density at radius 3 is 0.899 bits per heavy atom. The van der Waals surface area contributed by atoms with Crippen LogP contribution in [-0.2, 0) is 39.3 Å². The van der Waals surface area contributed by atoms with E-state index < -0.39 is 39.3 Å². The average Bonchev–Trinajstić information content (AvgIpc) is 1.44. The summed E-state index contributed by atoms with van der Waals surface area (Å²) in [6.07, 6.45) is 25.5. The number of H-pyrrole nitrogens is 4. The molecule has 4 aliphatic carbocycles. The summed E-state index contributed by atoms with van der Waals surface area (Å²) in [6.45, 7) is 2.84. The zero-order valence-corrected chi connectivity index (χ0v) is 77.2. The van der Waals surface area contributed by atoms with E-state index in [0.29, 0.717) is 119 Å². The minimum absolute atomic E-state index is 0.00293. The summed E-state index contributed by atoms with van der Waals surface area (Å²) in [5.41, 5.74) is 10.3. The van der Waals surface area contributed by atoms with Crippen LogP contribution in [0.1, 0.15) is 129 Å². The third kappa shape index (κ3) is 20.4. The van der Waals surface area contributed by atoms with E-state index >= 15 is 0 Å². The second kappa shape index (κ2) is 39.3. The first-order valence-corrected chi connectivity index (χ1v) is 50.0. The molecule has 4 saturated carbocycles. The fourth-order valence-electron chi connectivity index (χ4n) is 17.0. The minimum atomic E-state index is -3.59. The predicted molar refractivity (Wildman–Crippen MR) is 504 cm³/mol. The van der Waals surface area contributed by atoms with Crippen molar-refractivity contribution in [3.8, 4) is 70.1 Å². The van der Waals surface area contributed by atoms with Crippen LogP contribution in [0.25, 0.3) is 90.0 Å². The van der Waals surface area contributed by atoms with Gasteiger partial charge in [0.1, 0.15) is 59.0 Å². The van der Waals surface area contributed by atoms with Crippen molar-refractivity contribution >= 4 is 130 Å². The van der Waals surface area contributed by atoms with Crippen LogP contribution < -0.4 is 31.9 Å². The number of carbonyl (C=O) groups is 4. The van der Waals surface area contributed by atoms with Crippen LogP contribution in [0.15, 0.2) is 227 Å². The molecule has 700 valence electrons. The third-order valence-electron chi connectivity index (χ3n) is 24.2. The number of carbonyl (C=O) groups excluding carboxylic acids is 4. The van der Waals surface area contributed by atoms with Crippen molar-refractivity contribution in [1.29, 1.82) is 21.0 Å². The fourth-order valence-corrected chi connectivity index (χ4v) is 23.6. The number of sulfone groups is 4. The lowest BCUT2D eigenvalue weighted by Crippen LogP contribution is -2.39. The number of oxazole rings is 4. The number of hydrogen-bond acceptors (Lipinski definition) is 33. The van der Waals surface area contributed by atoms with E-state index in [1.54, 1.807) is 86.0 Å². The highest BCUT2D eigenvalue weighted by molar-refractivity contribution is 7.92. The number of benzene rings is 3. The van der Waals surface area contributed by atoms with Gasteiger partial charge in [-0.15, -0.1) is 0 Å². The Bertz CT molecular complexity index is 7610. The molecule has 0 saturated heterocycles. The Labute approximate surface area is 787 Å². The third-order valence-corrected chi connectivity index (χ3v) is 31.7. The number of nitriles is 4. The number of hydrogen-bond donors (Lipinski definition) is 10. The molecule has 0 aliphatic heterocycles. The highest BCUT2D eigenvalue weighted by Crippen LogP contribution is 2.45. The molecule has 0 atom stereocenters. The molecule has 13 aromatic heterocycles. The van der Waals surface area contributed by atoms with Gasteiger partial charge in [0.15, 0.2) is 67.3 Å². The topological polar surface area (TPSA) is 604 Å². The second-order valence-electron chi connectivity index (χ2n) is 33.8. The molecular weight excluding hydrogens is 1850 g/mol. The molecule has 0 radical (unpaired) electrons. The van der Waals surface area contributed by atoms with E-state index in [1.165, 1.54) is 108 Å². The maximum atomic E-state index is 12.8. The fraction of sp³-hybridized carbons (Fsp3) is 0.253. The number of rotatable bonds is 28. The minimum Gasteiger partial charge on any atom is -0.444 e. The van der Waals surface area contributed by atoms with Gasteiger partial charge >= 0.3 is 0 Å². The number of Topliss-reactive ketones (excluding diaryl/α,β-unsaturated/α-hetero) is 2. The van der Waals surface area contributed by atoms with E-state index in [0.717, 1.165) is 44.3 Å². The number of pyridine rings is 5. The largest absolute Gasteiger partial charge is 0.444 e. The SMILES string of the molecule is CC(=O)c1coc(-c2cnc3[nH]ccc3c2NC2CC(CS(=O)(=O)c3cc(C#N)ccn3)C2)n1.CC(=O)c1coc(-c2cnc3[nH]ccc3c2NC2CC(CS(=O)(=O)c3cccc(C#N)c3)C2)n1.CNC(=O)c1coc(-c2cnc3[nH]ccc3c2NC2CC(CS(=O)(=O)c3cccc(C#N)c3)C2)n1.CNC(=O)c1coc(-c2cnc3[nH]ccc3c2NC2CC(CS(=O)(=O)c3cccc(C#N)c3)C2)n1. The molecule has 0 unspecified atom stereocenters. The van der Waals surface area contributed by atoms with Crippen molar-refractivity contribution in [3.63, 3.8) is 0 Å². The number of fused-ring (bicyclic) bond motifs is 4. The van der Waals surface area contributed by atoms with Gasteiger partial charge in [-0.2, -0.15) is 21.0 Å². The normalized spacial score (nSPS) is 17.6. The van der Waals surface area contributed by atoms with E-state index in [4.69, 9.17) is 38.7 Å². The molecule has 39 nitrogen and oxygen atoms in total. The van der Waals surface area contributed by atoms with E-state index in [9.17, 15) is 52.8 Å². The maximum absolute atomic E-state index is 12.8. The quantitative estimate of drug-likeness (QED) is 0.0204. The molecule has 4 fully saturated rings. The Morgan fingerprint density at radius 2 is 0.630 bits per heavy atom. The van der Waals surface area contributed by atoms with Gasteiger partial charge in [0.2, 0.25) is 23.6 Å². The van der Waals surface area contributed by atoms with Crippen molar-refractivity contribution in [2.75, 3.05) is 58.4 Å². The van der Waals surface area contributed by atoms with Gasteiger partial charge in [-0.05, 0) is 166 Å². The second-order valence-corrected chi connectivity index (χ2v) is 41.9. The first-order valence-electron chi connectivity index (χ1n) is 43.4. The van der Waals surface area contributed by atoms with Gasteiger partial charge in [-0.1, -0.05) is 18.2 Å². The van der Waals surface area contributed by atoms with Crippen molar-refractivity contribution in [3.05, 3.63) is 235 Å². The molecule has 4 aliphatic rings. The van der Waals surface area contributed by atoms with Crippen LogP contribution in [0.2, 0.25) is 0 Å². The maximum Gasteiger partial charge on any atom is 0.272 e. The summed E-state index contributed by atoms with van der Waals surface area (Å²) in [4.78, 5) is 98.7. The van der Waals surface area contributed by atoms with Crippen LogP contribution in [0.5, 0.6) is 0 Å². The number of anilines is 4. The van der Waals surface area contributed by atoms with Gasteiger partial charge in [-0.3, -0.25) is 19.2 Å². The Balaban J connectivity index is 0.000000127. The first kappa shape index (κ1) is 93.5. The van der Waals surface area contributed by atoms with Gasteiger partial charge in [0, 0.05) is 129 Å². The van der Waals surface area contributed by atoms with Crippen LogP contribution in [0.3, 0.4) is 0 Å². The number of nitrogens with one attached hydrogen (secondary N) is 10. The van der Waals surface area contributed by atoms with Crippen molar-refractivity contribution in [2.45, 2.75) is 109 Å². The molecule has 3 aromatic carbocycles. The molecule has 43 heteroatoms. The number of amides is 2. The zero-order valence-electron chi connectivity index (χ0n) is 74.0. The standard InChI is InChI=1S/2C24H22N6O4S.C24H21N5O4S.C23H20N6O4S/c2*1-26-23(31)20-12-34-24(30-20)19-11-28-22-18(5-6-27-22)21(19)29-16-7-15(8-16)13-35(32,33)17-4-2-3-14(9-17)10-25;1-14(30)21-12-33-24(29-21)20-11-27-23-19(5-6-26-23)22(20)28-17-7-16(8-17)13-34(31,32)18-4-2-3-15(9-18)10-25;1-13(30)19-11-33-23(29-19)18-10-27-22-17(3-5-26-22)21(18)28-16-6-15(7-16)12-34(31,32)20-8-14(9-24)2-4-25-20/h2*2-6,9,11-12,15-16H,7-8,13H2,1H3,(H,26,31)(H2,27,28,29);2-6,9,11-12,16-17H,7-8,13H2,1H3,(H2,26,27,28);2-5,8,10-11,15-16H,6-7,12H2,1H3,(H2,26,27,28). The lowest BCUT2D eigenvalue weighted by atomic mass is 9.81. The van der Waals surface area contributed by atoms with Gasteiger partial charge in [0.05, 0.1) is 129 Å². The Morgan fingerprint density at radius 1 is 0.362 bits per heavy atom. The highest BCUT2D eigenvalue weighted by Gasteiger charge is 2.40. The lowest BCUT2D eigenvalue weighted by molar-refractivity contribution is 0.0950. The predicted octanol–water partition coefficient (Wildman–Crippen LogP) is 13.5. The van der Waals surface area contributed by atoms with Crippen LogP contribution in [0.4, 0.5) is 22.7 Å². The number of aromatic amines is 4. The summed E-state index contributed by atoms with van der Waals surface area (Å²) >= 11 is 0. The van der Waals surface area contributed by atoms with E-state index in [2.05, 4.69) is 96.7 Å².